The first-order chi connectivity index (χ1) is 16.0. The van der Waals surface area contributed by atoms with Gasteiger partial charge in [0.25, 0.3) is 0 Å². The van der Waals surface area contributed by atoms with Gasteiger partial charge in [0.1, 0.15) is 6.61 Å². The molecule has 0 bridgehead atoms. The van der Waals surface area contributed by atoms with Crippen LogP contribution in [0.2, 0.25) is 0 Å². The summed E-state index contributed by atoms with van der Waals surface area (Å²) in [4.78, 5) is 35.2. The average molecular weight is 451 g/mol. The molecule has 4 rings (SSSR count). The Morgan fingerprint density at radius 1 is 0.970 bits per heavy atom. The van der Waals surface area contributed by atoms with Crippen LogP contribution in [0.15, 0.2) is 48.5 Å². The monoisotopic (exact) mass is 450 g/mol. The highest BCUT2D eigenvalue weighted by atomic mass is 16.5. The molecule has 3 N–H and O–H groups in total. The van der Waals surface area contributed by atoms with Crippen LogP contribution in [0.25, 0.3) is 11.1 Å². The second-order valence-electron chi connectivity index (χ2n) is 8.86. The van der Waals surface area contributed by atoms with Gasteiger partial charge in [-0.2, -0.15) is 0 Å². The van der Waals surface area contributed by atoms with E-state index in [0.717, 1.165) is 12.8 Å². The van der Waals surface area contributed by atoms with Gasteiger partial charge < -0.3 is 20.5 Å². The summed E-state index contributed by atoms with van der Waals surface area (Å²) in [5, 5.41) is 14.3. The molecule has 1 fully saturated rings. The lowest BCUT2D eigenvalue weighted by Crippen LogP contribution is -2.35. The number of carbonyl (C=O) groups excluding carboxylic acids is 2. The minimum Gasteiger partial charge on any atom is -0.481 e. The number of carbonyl (C=O) groups is 3. The number of ether oxygens (including phenoxy) is 1. The van der Waals surface area contributed by atoms with Crippen molar-refractivity contribution in [3.05, 3.63) is 59.7 Å². The lowest BCUT2D eigenvalue weighted by molar-refractivity contribution is -0.137. The Hall–Kier alpha value is -3.35. The summed E-state index contributed by atoms with van der Waals surface area (Å²) in [7, 11) is 0. The molecule has 2 aliphatic rings. The maximum Gasteiger partial charge on any atom is 0.407 e. The molecule has 0 saturated heterocycles. The number of alkyl carbamates (subject to hydrolysis) is 1. The number of fused-ring (bicyclic) bond motifs is 3. The van der Waals surface area contributed by atoms with Crippen molar-refractivity contribution in [2.24, 2.45) is 11.8 Å². The molecule has 174 valence electrons. The Labute approximate surface area is 193 Å². The summed E-state index contributed by atoms with van der Waals surface area (Å²) in [6, 6.07) is 16.4. The molecule has 7 nitrogen and oxygen atoms in total. The van der Waals surface area contributed by atoms with E-state index < -0.39 is 12.1 Å². The van der Waals surface area contributed by atoms with Crippen LogP contribution in [-0.4, -0.2) is 42.8 Å². The fourth-order valence-corrected chi connectivity index (χ4v) is 4.61. The lowest BCUT2D eigenvalue weighted by atomic mass is 9.98. The molecular formula is C26H30N2O5. The van der Waals surface area contributed by atoms with E-state index in [4.69, 9.17) is 9.84 Å². The summed E-state index contributed by atoms with van der Waals surface area (Å²) in [6.45, 7) is 1.00. The third kappa shape index (κ3) is 5.92. The van der Waals surface area contributed by atoms with Crippen LogP contribution in [0.1, 0.15) is 49.1 Å². The number of hydrogen-bond acceptors (Lipinski definition) is 4. The standard InChI is InChI=1S/C26H30N2O5/c29-24(27-13-5-10-25(30)31)14-18(17-11-12-17)15-28-26(32)33-16-23-21-8-3-1-6-19(21)20-7-2-4-9-22(20)23/h1-4,6-9,17-18,23H,5,10-16H2,(H,27,29)(H,28,32)(H,30,31). The van der Waals surface area contributed by atoms with Crippen molar-refractivity contribution >= 4 is 18.0 Å². The predicted molar refractivity (Wildman–Crippen MR) is 124 cm³/mol. The van der Waals surface area contributed by atoms with Crippen LogP contribution in [0, 0.1) is 11.8 Å². The van der Waals surface area contributed by atoms with Gasteiger partial charge in [0, 0.05) is 31.8 Å². The van der Waals surface area contributed by atoms with Gasteiger partial charge in [-0.15, -0.1) is 0 Å². The molecule has 0 aliphatic heterocycles. The summed E-state index contributed by atoms with van der Waals surface area (Å²) in [5.41, 5.74) is 4.71. The minimum atomic E-state index is -0.868. The van der Waals surface area contributed by atoms with E-state index >= 15 is 0 Å². The first-order valence-electron chi connectivity index (χ1n) is 11.6. The molecule has 2 aromatic rings. The van der Waals surface area contributed by atoms with E-state index in [9.17, 15) is 14.4 Å². The SMILES string of the molecule is O=C(O)CCCNC(=O)CC(CNC(=O)OCC1c2ccccc2-c2ccccc21)C1CC1. The van der Waals surface area contributed by atoms with Crippen molar-refractivity contribution in [3.63, 3.8) is 0 Å². The van der Waals surface area contributed by atoms with Crippen LogP contribution in [0.4, 0.5) is 4.79 Å². The quantitative estimate of drug-likeness (QED) is 0.450. The summed E-state index contributed by atoms with van der Waals surface area (Å²) >= 11 is 0. The summed E-state index contributed by atoms with van der Waals surface area (Å²) in [6.07, 6.45) is 2.42. The Bertz CT molecular complexity index is 972. The van der Waals surface area contributed by atoms with E-state index in [1.807, 2.05) is 24.3 Å². The summed E-state index contributed by atoms with van der Waals surface area (Å²) < 4.78 is 5.59. The molecule has 2 amide bonds. The summed E-state index contributed by atoms with van der Waals surface area (Å²) in [5.74, 6) is -0.466. The number of amides is 2. The Balaban J connectivity index is 1.25. The van der Waals surface area contributed by atoms with E-state index in [0.29, 0.717) is 31.8 Å². The highest BCUT2D eigenvalue weighted by Crippen LogP contribution is 2.44. The number of carboxylic acids is 1. The predicted octanol–water partition coefficient (Wildman–Crippen LogP) is 3.92. The molecule has 1 saturated carbocycles. The van der Waals surface area contributed by atoms with E-state index in [2.05, 4.69) is 34.9 Å². The van der Waals surface area contributed by atoms with Crippen molar-refractivity contribution in [2.75, 3.05) is 19.7 Å². The normalized spacial score (nSPS) is 15.3. The van der Waals surface area contributed by atoms with Gasteiger partial charge in [-0.05, 0) is 53.4 Å². The van der Waals surface area contributed by atoms with Crippen LogP contribution in [-0.2, 0) is 14.3 Å². The Morgan fingerprint density at radius 3 is 2.21 bits per heavy atom. The van der Waals surface area contributed by atoms with Gasteiger partial charge in [0.05, 0.1) is 0 Å². The van der Waals surface area contributed by atoms with E-state index in [-0.39, 0.29) is 30.8 Å². The van der Waals surface area contributed by atoms with Gasteiger partial charge in [-0.1, -0.05) is 48.5 Å². The zero-order valence-corrected chi connectivity index (χ0v) is 18.6. The van der Waals surface area contributed by atoms with Crippen molar-refractivity contribution in [1.82, 2.24) is 10.6 Å². The largest absolute Gasteiger partial charge is 0.481 e. The van der Waals surface area contributed by atoms with Gasteiger partial charge in [0.2, 0.25) is 5.91 Å². The first kappa shape index (κ1) is 22.8. The molecule has 0 spiro atoms. The zero-order valence-electron chi connectivity index (χ0n) is 18.6. The number of benzene rings is 2. The van der Waals surface area contributed by atoms with Gasteiger partial charge in [0.15, 0.2) is 0 Å². The molecule has 1 atom stereocenters. The Kier molecular flexibility index (Phi) is 7.27. The smallest absolute Gasteiger partial charge is 0.407 e. The van der Waals surface area contributed by atoms with E-state index in [1.165, 1.54) is 22.3 Å². The number of rotatable bonds is 11. The third-order valence-corrected chi connectivity index (χ3v) is 6.48. The molecule has 33 heavy (non-hydrogen) atoms. The minimum absolute atomic E-state index is 0.0129. The van der Waals surface area contributed by atoms with Crippen molar-refractivity contribution in [3.8, 4) is 11.1 Å². The van der Waals surface area contributed by atoms with Crippen LogP contribution >= 0.6 is 0 Å². The van der Waals surface area contributed by atoms with Crippen molar-refractivity contribution in [2.45, 2.75) is 38.0 Å². The molecule has 2 aliphatic carbocycles. The van der Waals surface area contributed by atoms with Crippen molar-refractivity contribution in [1.29, 1.82) is 0 Å². The highest BCUT2D eigenvalue weighted by Gasteiger charge is 2.33. The molecule has 1 unspecified atom stereocenters. The van der Waals surface area contributed by atoms with Gasteiger partial charge in [-0.3, -0.25) is 9.59 Å². The van der Waals surface area contributed by atoms with Crippen molar-refractivity contribution < 1.29 is 24.2 Å². The molecule has 2 aromatic carbocycles. The molecule has 0 radical (unpaired) electrons. The highest BCUT2D eigenvalue weighted by molar-refractivity contribution is 5.79. The zero-order chi connectivity index (χ0) is 23.2. The number of hydrogen-bond donors (Lipinski definition) is 3. The number of aliphatic carboxylic acids is 1. The Morgan fingerprint density at radius 2 is 1.61 bits per heavy atom. The molecule has 7 heteroatoms. The topological polar surface area (TPSA) is 105 Å². The average Bonchev–Trinajstić information content (AvgIpc) is 3.61. The lowest BCUT2D eigenvalue weighted by Gasteiger charge is -2.18. The second-order valence-corrected chi connectivity index (χ2v) is 8.86. The van der Waals surface area contributed by atoms with Gasteiger partial charge in [-0.25, -0.2) is 4.79 Å². The van der Waals surface area contributed by atoms with E-state index in [1.54, 1.807) is 0 Å². The van der Waals surface area contributed by atoms with Crippen LogP contribution in [0.3, 0.4) is 0 Å². The van der Waals surface area contributed by atoms with Gasteiger partial charge >= 0.3 is 12.1 Å². The third-order valence-electron chi connectivity index (χ3n) is 6.48. The van der Waals surface area contributed by atoms with Crippen LogP contribution in [0.5, 0.6) is 0 Å². The number of nitrogens with one attached hydrogen (secondary N) is 2. The maximum atomic E-state index is 12.4. The fourth-order valence-electron chi connectivity index (χ4n) is 4.61. The number of carboxylic acid groups (broad SMARTS) is 1. The fraction of sp³-hybridized carbons (Fsp3) is 0.423. The maximum absolute atomic E-state index is 12.4. The molecule has 0 aromatic heterocycles. The second kappa shape index (κ2) is 10.5. The van der Waals surface area contributed by atoms with Crippen LogP contribution < -0.4 is 10.6 Å². The molecule has 0 heterocycles. The first-order valence-corrected chi connectivity index (χ1v) is 11.6. The molecular weight excluding hydrogens is 420 g/mol.